The highest BCUT2D eigenvalue weighted by molar-refractivity contribution is 6.30. The number of aromatic nitrogens is 2. The zero-order valence-corrected chi connectivity index (χ0v) is 18.3. The highest BCUT2D eigenvalue weighted by atomic mass is 35.5. The molecule has 2 aromatic heterocycles. The molecule has 0 aliphatic carbocycles. The Hall–Kier alpha value is -4.31. The molecule has 0 bridgehead atoms. The number of nitro benzene ring substituents is 1. The van der Waals surface area contributed by atoms with Crippen molar-refractivity contribution in [3.63, 3.8) is 0 Å². The van der Waals surface area contributed by atoms with Gasteiger partial charge in [0.25, 0.3) is 17.2 Å². The lowest BCUT2D eigenvalue weighted by Crippen LogP contribution is -2.34. The van der Waals surface area contributed by atoms with E-state index < -0.39 is 22.4 Å². The van der Waals surface area contributed by atoms with Gasteiger partial charge in [0.15, 0.2) is 0 Å². The van der Waals surface area contributed by atoms with Crippen LogP contribution < -0.4 is 5.56 Å². The Labute approximate surface area is 196 Å². The lowest BCUT2D eigenvalue weighted by Gasteiger charge is -2.20. The molecular weight excluding hydrogens is 462 g/mol. The van der Waals surface area contributed by atoms with Gasteiger partial charge in [0.2, 0.25) is 0 Å². The van der Waals surface area contributed by atoms with E-state index >= 15 is 0 Å². The van der Waals surface area contributed by atoms with Gasteiger partial charge in [0.05, 0.1) is 34.1 Å². The average molecular weight is 478 g/mol. The molecule has 11 heteroatoms. The van der Waals surface area contributed by atoms with Gasteiger partial charge in [-0.15, -0.1) is 0 Å². The molecular formula is C23H16ClN5O5. The fraction of sp³-hybridized carbons (Fsp3) is 0.130. The first-order valence-electron chi connectivity index (χ1n) is 10.2. The van der Waals surface area contributed by atoms with Gasteiger partial charge in [-0.05, 0) is 35.9 Å². The van der Waals surface area contributed by atoms with Crippen molar-refractivity contribution >= 4 is 39.8 Å². The van der Waals surface area contributed by atoms with Gasteiger partial charge in [0.1, 0.15) is 18.3 Å². The molecule has 0 saturated heterocycles. The third-order valence-corrected chi connectivity index (χ3v) is 5.79. The van der Waals surface area contributed by atoms with Crippen LogP contribution in [0.5, 0.6) is 0 Å². The first-order valence-corrected chi connectivity index (χ1v) is 10.6. The summed E-state index contributed by atoms with van der Waals surface area (Å²) < 4.78 is 6.70. The van der Waals surface area contributed by atoms with Crippen molar-refractivity contribution in [3.05, 3.63) is 104 Å². The molecule has 2 aromatic carbocycles. The van der Waals surface area contributed by atoms with Crippen LogP contribution in [0.2, 0.25) is 5.02 Å². The first kappa shape index (κ1) is 21.5. The van der Waals surface area contributed by atoms with Crippen LogP contribution in [0.3, 0.4) is 0 Å². The monoisotopic (exact) mass is 477 g/mol. The smallest absolute Gasteiger partial charge is 0.271 e. The van der Waals surface area contributed by atoms with Crippen molar-refractivity contribution in [2.45, 2.75) is 19.0 Å². The van der Waals surface area contributed by atoms with Gasteiger partial charge in [-0.1, -0.05) is 23.7 Å². The predicted octanol–water partition coefficient (Wildman–Crippen LogP) is 3.93. The highest BCUT2D eigenvalue weighted by Gasteiger charge is 2.35. The summed E-state index contributed by atoms with van der Waals surface area (Å²) in [6.45, 7) is -0.312. The quantitative estimate of drug-likeness (QED) is 0.317. The predicted molar refractivity (Wildman–Crippen MR) is 124 cm³/mol. The molecule has 0 fully saturated rings. The number of non-ortho nitro benzene ring substituents is 1. The molecule has 0 saturated carbocycles. The zero-order chi connectivity index (χ0) is 23.8. The van der Waals surface area contributed by atoms with Crippen molar-refractivity contribution in [2.24, 2.45) is 5.10 Å². The van der Waals surface area contributed by atoms with E-state index in [1.165, 1.54) is 35.8 Å². The number of fused-ring (bicyclic) bond motifs is 1. The normalized spacial score (nSPS) is 15.5. The number of carbonyl (C=O) groups is 1. The lowest BCUT2D eigenvalue weighted by molar-refractivity contribution is -0.384. The van der Waals surface area contributed by atoms with E-state index in [4.69, 9.17) is 16.0 Å². The van der Waals surface area contributed by atoms with Crippen molar-refractivity contribution in [2.75, 3.05) is 0 Å². The van der Waals surface area contributed by atoms with Gasteiger partial charge < -0.3 is 4.42 Å². The Morgan fingerprint density at radius 3 is 2.71 bits per heavy atom. The molecule has 5 rings (SSSR count). The Balaban J connectivity index is 1.47. The van der Waals surface area contributed by atoms with Crippen LogP contribution in [0.15, 0.2) is 81.5 Å². The number of rotatable bonds is 5. The number of benzene rings is 2. The molecule has 0 spiro atoms. The van der Waals surface area contributed by atoms with Crippen LogP contribution >= 0.6 is 11.6 Å². The van der Waals surface area contributed by atoms with Gasteiger partial charge in [-0.3, -0.25) is 24.3 Å². The van der Waals surface area contributed by atoms with Crippen LogP contribution in [0, 0.1) is 10.1 Å². The van der Waals surface area contributed by atoms with E-state index in [9.17, 15) is 19.7 Å². The summed E-state index contributed by atoms with van der Waals surface area (Å²) in [6.07, 6.45) is 3.15. The average Bonchev–Trinajstić information content (AvgIpc) is 3.51. The SMILES string of the molecule is O=C(Cn1cnc2cc([N+](=O)[O-])ccc2c1=O)N1N=C(c2ccc(Cl)cc2)C[C@@H]1c1ccco1. The summed E-state index contributed by atoms with van der Waals surface area (Å²) >= 11 is 5.99. The minimum atomic E-state index is -0.561. The molecule has 34 heavy (non-hydrogen) atoms. The van der Waals surface area contributed by atoms with E-state index in [-0.39, 0.29) is 23.1 Å². The molecule has 1 amide bonds. The van der Waals surface area contributed by atoms with Crippen molar-refractivity contribution in [3.8, 4) is 0 Å². The maximum atomic E-state index is 13.3. The van der Waals surface area contributed by atoms with E-state index in [1.54, 1.807) is 24.3 Å². The number of carbonyl (C=O) groups excluding carboxylic acids is 1. The first-order chi connectivity index (χ1) is 16.4. The van der Waals surface area contributed by atoms with E-state index in [0.717, 1.165) is 10.1 Å². The topological polar surface area (TPSA) is 124 Å². The number of hydrogen-bond donors (Lipinski definition) is 0. The number of halogens is 1. The summed E-state index contributed by atoms with van der Waals surface area (Å²) in [7, 11) is 0. The molecule has 1 atom stereocenters. The number of hydrazone groups is 1. The van der Waals surface area contributed by atoms with Gasteiger partial charge in [-0.25, -0.2) is 9.99 Å². The second-order valence-corrected chi connectivity index (χ2v) is 8.10. The largest absolute Gasteiger partial charge is 0.467 e. The molecule has 0 radical (unpaired) electrons. The molecule has 0 N–H and O–H groups in total. The molecule has 170 valence electrons. The summed E-state index contributed by atoms with van der Waals surface area (Å²) in [5.74, 6) is 0.132. The van der Waals surface area contributed by atoms with Gasteiger partial charge >= 0.3 is 0 Å². The zero-order valence-electron chi connectivity index (χ0n) is 17.5. The fourth-order valence-corrected chi connectivity index (χ4v) is 3.98. The van der Waals surface area contributed by atoms with Crippen molar-refractivity contribution in [1.82, 2.24) is 14.6 Å². The second kappa shape index (κ2) is 8.56. The minimum absolute atomic E-state index is 0.171. The Bertz CT molecular complexity index is 1490. The number of furan rings is 1. The van der Waals surface area contributed by atoms with Crippen LogP contribution in [-0.4, -0.2) is 31.1 Å². The fourth-order valence-electron chi connectivity index (χ4n) is 3.85. The maximum absolute atomic E-state index is 13.3. The van der Waals surface area contributed by atoms with Crippen LogP contribution in [-0.2, 0) is 11.3 Å². The Morgan fingerprint density at radius 2 is 2.00 bits per heavy atom. The molecule has 3 heterocycles. The minimum Gasteiger partial charge on any atom is -0.467 e. The molecule has 4 aromatic rings. The number of hydrogen-bond acceptors (Lipinski definition) is 7. The third kappa shape index (κ3) is 3.95. The maximum Gasteiger partial charge on any atom is 0.271 e. The van der Waals surface area contributed by atoms with Gasteiger partial charge in [-0.2, -0.15) is 5.10 Å². The van der Waals surface area contributed by atoms with Crippen molar-refractivity contribution in [1.29, 1.82) is 0 Å². The number of nitrogens with zero attached hydrogens (tertiary/aromatic N) is 5. The second-order valence-electron chi connectivity index (χ2n) is 7.66. The highest BCUT2D eigenvalue weighted by Crippen LogP contribution is 2.33. The Kier molecular flexibility index (Phi) is 5.42. The van der Waals surface area contributed by atoms with Crippen molar-refractivity contribution < 1.29 is 14.1 Å². The number of amides is 1. The summed E-state index contributed by atoms with van der Waals surface area (Å²) in [5.41, 5.74) is 1.03. The molecule has 0 unspecified atom stereocenters. The van der Waals surface area contributed by atoms with Crippen LogP contribution in [0.1, 0.15) is 23.8 Å². The van der Waals surface area contributed by atoms with Gasteiger partial charge in [0, 0.05) is 23.6 Å². The third-order valence-electron chi connectivity index (χ3n) is 5.54. The van der Waals surface area contributed by atoms with E-state index in [0.29, 0.717) is 22.9 Å². The summed E-state index contributed by atoms with van der Waals surface area (Å²) in [6, 6.07) is 14.0. The molecule has 10 nitrogen and oxygen atoms in total. The van der Waals surface area contributed by atoms with Crippen LogP contribution in [0.4, 0.5) is 5.69 Å². The van der Waals surface area contributed by atoms with Crippen LogP contribution in [0.25, 0.3) is 10.9 Å². The number of nitro groups is 1. The lowest BCUT2D eigenvalue weighted by atomic mass is 10.0. The summed E-state index contributed by atoms with van der Waals surface area (Å²) in [4.78, 5) is 40.7. The standard InChI is InChI=1S/C23H16ClN5O5/c24-15-5-3-14(4-6-15)18-11-20(21-2-1-9-34-21)28(26-18)22(30)12-27-13-25-19-10-16(29(32)33)7-8-17(19)23(27)31/h1-10,13,20H,11-12H2/t20-/m1/s1. The van der Waals surface area contributed by atoms with E-state index in [1.807, 2.05) is 12.1 Å². The van der Waals surface area contributed by atoms with E-state index in [2.05, 4.69) is 10.1 Å². The molecule has 1 aliphatic rings. The Morgan fingerprint density at radius 1 is 1.21 bits per heavy atom. The molecule has 1 aliphatic heterocycles. The summed E-state index contributed by atoms with van der Waals surface area (Å²) in [5, 5.41) is 17.6.